The van der Waals surface area contributed by atoms with Gasteiger partial charge in [-0.25, -0.2) is 0 Å². The molecule has 0 saturated carbocycles. The predicted octanol–water partition coefficient (Wildman–Crippen LogP) is 13.4. The topological polar surface area (TPSA) is 12.5 Å². The van der Waals surface area contributed by atoms with Gasteiger partial charge in [-0.2, -0.15) is 0 Å². The van der Waals surface area contributed by atoms with Gasteiger partial charge in [0.15, 0.2) is 0 Å². The van der Waals surface area contributed by atoms with Crippen LogP contribution < -0.4 is 9.64 Å². The van der Waals surface area contributed by atoms with Crippen LogP contribution in [0.5, 0.6) is 5.75 Å². The smallest absolute Gasteiger partial charge is 0.129 e. The Kier molecular flexibility index (Phi) is 6.91. The zero-order chi connectivity index (χ0) is 36.7. The quantitative estimate of drug-likeness (QED) is 0.177. The molecule has 0 saturated heterocycles. The molecular formula is C53H39NO. The van der Waals surface area contributed by atoms with E-state index in [1.54, 1.807) is 0 Å². The average Bonchev–Trinajstić information content (AvgIpc) is 3.67. The lowest BCUT2D eigenvalue weighted by molar-refractivity contribution is 0.302. The van der Waals surface area contributed by atoms with Crippen molar-refractivity contribution in [3.63, 3.8) is 0 Å². The Morgan fingerprint density at radius 3 is 1.65 bits per heavy atom. The first kappa shape index (κ1) is 31.8. The van der Waals surface area contributed by atoms with E-state index in [-0.39, 0.29) is 5.41 Å². The van der Waals surface area contributed by atoms with Crippen molar-refractivity contribution < 1.29 is 4.74 Å². The summed E-state index contributed by atoms with van der Waals surface area (Å²) in [5.41, 5.74) is 19.2. The highest BCUT2D eigenvalue weighted by Gasteiger charge is 2.46. The molecule has 0 atom stereocenters. The lowest BCUT2D eigenvalue weighted by atomic mass is 9.67. The van der Waals surface area contributed by atoms with Gasteiger partial charge in [-0.15, -0.1) is 0 Å². The molecule has 8 aromatic rings. The molecule has 11 rings (SSSR count). The molecule has 55 heavy (non-hydrogen) atoms. The van der Waals surface area contributed by atoms with Crippen LogP contribution >= 0.6 is 0 Å². The fourth-order valence-electron chi connectivity index (χ4n) is 9.97. The molecule has 0 fully saturated rings. The van der Waals surface area contributed by atoms with E-state index in [0.29, 0.717) is 6.61 Å². The third kappa shape index (κ3) is 4.49. The van der Waals surface area contributed by atoms with Crippen LogP contribution in [-0.2, 0) is 17.4 Å². The molecule has 1 aliphatic heterocycles. The zero-order valence-corrected chi connectivity index (χ0v) is 31.0. The molecule has 0 amide bonds. The van der Waals surface area contributed by atoms with Gasteiger partial charge >= 0.3 is 0 Å². The Morgan fingerprint density at radius 1 is 0.436 bits per heavy atom. The summed E-state index contributed by atoms with van der Waals surface area (Å²) < 4.78 is 6.50. The van der Waals surface area contributed by atoms with Crippen LogP contribution in [0.3, 0.4) is 0 Å². The number of anilines is 3. The lowest BCUT2D eigenvalue weighted by Gasteiger charge is -2.35. The molecule has 262 valence electrons. The van der Waals surface area contributed by atoms with Crippen LogP contribution in [0.15, 0.2) is 188 Å². The maximum Gasteiger partial charge on any atom is 0.129 e. The SMILES string of the molecule is CC1(C)c2ccccc2-c2ccc(N(c3ccc4c(c3)C(c3ccccc3)(c3ccccc3)c3ccccc3-4)c3cccc4c3-c3ccccc3CO4)cc21. The molecule has 0 aromatic heterocycles. The minimum absolute atomic E-state index is 0.144. The van der Waals surface area contributed by atoms with Crippen molar-refractivity contribution in [1.82, 2.24) is 0 Å². The van der Waals surface area contributed by atoms with Crippen molar-refractivity contribution in [2.75, 3.05) is 4.90 Å². The summed E-state index contributed by atoms with van der Waals surface area (Å²) in [5, 5.41) is 0. The van der Waals surface area contributed by atoms with E-state index in [9.17, 15) is 0 Å². The van der Waals surface area contributed by atoms with Crippen molar-refractivity contribution >= 4 is 17.1 Å². The van der Waals surface area contributed by atoms with Crippen molar-refractivity contribution in [2.24, 2.45) is 0 Å². The molecule has 2 aliphatic carbocycles. The molecule has 0 unspecified atom stereocenters. The van der Waals surface area contributed by atoms with Crippen LogP contribution in [-0.4, -0.2) is 0 Å². The average molecular weight is 706 g/mol. The summed E-state index contributed by atoms with van der Waals surface area (Å²) in [6, 6.07) is 69.5. The number of fused-ring (bicyclic) bond motifs is 9. The second-order valence-electron chi connectivity index (χ2n) is 15.6. The minimum Gasteiger partial charge on any atom is -0.488 e. The fraction of sp³-hybridized carbons (Fsp3) is 0.0943. The van der Waals surface area contributed by atoms with Crippen molar-refractivity contribution in [3.8, 4) is 39.1 Å². The zero-order valence-electron chi connectivity index (χ0n) is 31.0. The van der Waals surface area contributed by atoms with Crippen LogP contribution in [0.25, 0.3) is 33.4 Å². The Morgan fingerprint density at radius 2 is 0.964 bits per heavy atom. The van der Waals surface area contributed by atoms with Gasteiger partial charge in [0.1, 0.15) is 12.4 Å². The molecular weight excluding hydrogens is 667 g/mol. The molecule has 0 bridgehead atoms. The number of rotatable bonds is 5. The van der Waals surface area contributed by atoms with Gasteiger partial charge in [0.05, 0.1) is 11.1 Å². The molecule has 2 nitrogen and oxygen atoms in total. The number of nitrogens with zero attached hydrogens (tertiary/aromatic N) is 1. The monoisotopic (exact) mass is 705 g/mol. The van der Waals surface area contributed by atoms with Gasteiger partial charge in [0.2, 0.25) is 0 Å². The fourth-order valence-corrected chi connectivity index (χ4v) is 9.97. The first-order chi connectivity index (χ1) is 27.0. The second kappa shape index (κ2) is 11.9. The minimum atomic E-state index is -0.510. The number of hydrogen-bond acceptors (Lipinski definition) is 2. The number of hydrogen-bond donors (Lipinski definition) is 0. The maximum absolute atomic E-state index is 6.50. The molecule has 2 heteroatoms. The first-order valence-electron chi connectivity index (χ1n) is 19.3. The number of ether oxygens (including phenoxy) is 1. The Bertz CT molecular complexity index is 2760. The first-order valence-corrected chi connectivity index (χ1v) is 19.3. The summed E-state index contributed by atoms with van der Waals surface area (Å²) in [7, 11) is 0. The molecule has 1 heterocycles. The third-order valence-corrected chi connectivity index (χ3v) is 12.4. The van der Waals surface area contributed by atoms with E-state index in [1.165, 1.54) is 66.8 Å². The number of benzene rings is 8. The molecule has 0 N–H and O–H groups in total. The third-order valence-electron chi connectivity index (χ3n) is 12.4. The highest BCUT2D eigenvalue weighted by Crippen LogP contribution is 2.58. The predicted molar refractivity (Wildman–Crippen MR) is 226 cm³/mol. The summed E-state index contributed by atoms with van der Waals surface area (Å²) in [6.45, 7) is 5.29. The van der Waals surface area contributed by atoms with E-state index in [4.69, 9.17) is 4.74 Å². The van der Waals surface area contributed by atoms with Gasteiger partial charge in [-0.1, -0.05) is 166 Å². The van der Waals surface area contributed by atoms with Crippen LogP contribution in [0, 0.1) is 0 Å². The van der Waals surface area contributed by atoms with Gasteiger partial charge in [-0.05, 0) is 103 Å². The molecule has 0 spiro atoms. The van der Waals surface area contributed by atoms with E-state index in [0.717, 1.165) is 28.4 Å². The van der Waals surface area contributed by atoms with Gasteiger partial charge < -0.3 is 9.64 Å². The molecule has 8 aromatic carbocycles. The Balaban J connectivity index is 1.21. The Hall–Kier alpha value is -6.64. The van der Waals surface area contributed by atoms with Crippen LogP contribution in [0.4, 0.5) is 17.1 Å². The van der Waals surface area contributed by atoms with E-state index in [1.807, 2.05) is 0 Å². The second-order valence-corrected chi connectivity index (χ2v) is 15.6. The normalized spacial score (nSPS) is 14.7. The summed E-state index contributed by atoms with van der Waals surface area (Å²) >= 11 is 0. The van der Waals surface area contributed by atoms with Crippen molar-refractivity contribution in [3.05, 3.63) is 227 Å². The van der Waals surface area contributed by atoms with Crippen LogP contribution in [0.2, 0.25) is 0 Å². The van der Waals surface area contributed by atoms with E-state index in [2.05, 4.69) is 207 Å². The summed E-state index contributed by atoms with van der Waals surface area (Å²) in [4.78, 5) is 2.48. The standard InChI is InChI=1S/C53H39NO/c1-52(2)45-24-13-11-22-41(45)43-30-28-38(32-47(43)52)54(49-26-15-27-50-51(49)40-21-10-9-16-35(40)34-55-50)39-29-31-44-42-23-12-14-25-46(42)53(48(44)33-39,36-17-5-3-6-18-36)37-19-7-4-8-20-37/h3-33H,34H2,1-2H3. The van der Waals surface area contributed by atoms with Gasteiger partial charge in [0.25, 0.3) is 0 Å². The molecule has 0 radical (unpaired) electrons. The van der Waals surface area contributed by atoms with Crippen molar-refractivity contribution in [1.29, 1.82) is 0 Å². The van der Waals surface area contributed by atoms with E-state index >= 15 is 0 Å². The summed E-state index contributed by atoms with van der Waals surface area (Å²) in [6.07, 6.45) is 0. The Labute approximate surface area is 323 Å². The largest absolute Gasteiger partial charge is 0.488 e. The summed E-state index contributed by atoms with van der Waals surface area (Å²) in [5.74, 6) is 0.909. The highest BCUT2D eigenvalue weighted by molar-refractivity contribution is 5.96. The lowest BCUT2D eigenvalue weighted by Crippen LogP contribution is -2.28. The van der Waals surface area contributed by atoms with Crippen molar-refractivity contribution in [2.45, 2.75) is 31.3 Å². The van der Waals surface area contributed by atoms with Gasteiger partial charge in [0, 0.05) is 22.4 Å². The molecule has 3 aliphatic rings. The maximum atomic E-state index is 6.50. The highest BCUT2D eigenvalue weighted by atomic mass is 16.5. The van der Waals surface area contributed by atoms with Crippen LogP contribution in [0.1, 0.15) is 52.8 Å². The van der Waals surface area contributed by atoms with E-state index < -0.39 is 5.41 Å². The van der Waals surface area contributed by atoms with Gasteiger partial charge in [-0.3, -0.25) is 0 Å².